The SMILES string of the molecule is CCn1cc(N2Cc3ccc(N)cc3C2)cn1. The van der Waals surface area contributed by atoms with E-state index in [9.17, 15) is 0 Å². The molecule has 0 bridgehead atoms. The van der Waals surface area contributed by atoms with Crippen LogP contribution in [0.4, 0.5) is 11.4 Å². The molecule has 88 valence electrons. The van der Waals surface area contributed by atoms with Crippen molar-refractivity contribution in [3.05, 3.63) is 41.7 Å². The van der Waals surface area contributed by atoms with E-state index in [1.54, 1.807) is 0 Å². The maximum absolute atomic E-state index is 5.81. The summed E-state index contributed by atoms with van der Waals surface area (Å²) < 4.78 is 1.95. The molecule has 1 aliphatic heterocycles. The predicted octanol–water partition coefficient (Wildman–Crippen LogP) is 2.01. The minimum Gasteiger partial charge on any atom is -0.399 e. The van der Waals surface area contributed by atoms with Gasteiger partial charge in [-0.1, -0.05) is 6.07 Å². The fourth-order valence-corrected chi connectivity index (χ4v) is 2.29. The Hall–Kier alpha value is -1.97. The standard InChI is InChI=1S/C13H16N4/c1-2-17-9-13(6-15-17)16-7-10-3-4-12(14)5-11(10)8-16/h3-6,9H,2,7-8,14H2,1H3. The second-order valence-corrected chi connectivity index (χ2v) is 4.44. The predicted molar refractivity (Wildman–Crippen MR) is 68.6 cm³/mol. The van der Waals surface area contributed by atoms with Crippen LogP contribution >= 0.6 is 0 Å². The second kappa shape index (κ2) is 3.80. The molecule has 0 atom stereocenters. The summed E-state index contributed by atoms with van der Waals surface area (Å²) in [6, 6.07) is 6.16. The lowest BCUT2D eigenvalue weighted by atomic mass is 10.1. The number of aryl methyl sites for hydroxylation is 1. The number of nitrogens with zero attached hydrogens (tertiary/aromatic N) is 3. The van der Waals surface area contributed by atoms with Crippen LogP contribution in [-0.4, -0.2) is 9.78 Å². The molecule has 4 heteroatoms. The first-order valence-electron chi connectivity index (χ1n) is 5.91. The molecule has 0 fully saturated rings. The van der Waals surface area contributed by atoms with Gasteiger partial charge in [0, 0.05) is 31.5 Å². The van der Waals surface area contributed by atoms with Crippen molar-refractivity contribution < 1.29 is 0 Å². The molecule has 17 heavy (non-hydrogen) atoms. The van der Waals surface area contributed by atoms with Crippen molar-refractivity contribution in [1.82, 2.24) is 9.78 Å². The molecule has 0 radical (unpaired) electrons. The molecular weight excluding hydrogens is 212 g/mol. The van der Waals surface area contributed by atoms with Gasteiger partial charge in [-0.05, 0) is 30.2 Å². The Kier molecular flexibility index (Phi) is 2.28. The van der Waals surface area contributed by atoms with E-state index in [4.69, 9.17) is 5.73 Å². The highest BCUT2D eigenvalue weighted by Crippen LogP contribution is 2.28. The average Bonchev–Trinajstić information content (AvgIpc) is 2.93. The number of hydrogen-bond donors (Lipinski definition) is 1. The van der Waals surface area contributed by atoms with Crippen molar-refractivity contribution >= 4 is 11.4 Å². The molecule has 0 saturated carbocycles. The second-order valence-electron chi connectivity index (χ2n) is 4.44. The lowest BCUT2D eigenvalue weighted by molar-refractivity contribution is 0.659. The number of nitrogens with two attached hydrogens (primary N) is 1. The van der Waals surface area contributed by atoms with Gasteiger partial charge >= 0.3 is 0 Å². The van der Waals surface area contributed by atoms with Gasteiger partial charge in [0.05, 0.1) is 11.9 Å². The molecule has 2 N–H and O–H groups in total. The molecule has 4 nitrogen and oxygen atoms in total. The maximum atomic E-state index is 5.81. The highest BCUT2D eigenvalue weighted by atomic mass is 15.3. The lowest BCUT2D eigenvalue weighted by Crippen LogP contribution is -2.13. The van der Waals surface area contributed by atoms with E-state index in [1.807, 2.05) is 16.9 Å². The van der Waals surface area contributed by atoms with Crippen LogP contribution in [0.3, 0.4) is 0 Å². The van der Waals surface area contributed by atoms with Gasteiger partial charge in [0.15, 0.2) is 0 Å². The molecule has 0 spiro atoms. The number of fused-ring (bicyclic) bond motifs is 1. The number of nitrogen functional groups attached to an aromatic ring is 1. The third-order valence-corrected chi connectivity index (χ3v) is 3.26. The summed E-state index contributed by atoms with van der Waals surface area (Å²) in [6.45, 7) is 4.88. The molecule has 1 aliphatic rings. The highest BCUT2D eigenvalue weighted by Gasteiger charge is 2.20. The minimum atomic E-state index is 0.842. The zero-order valence-electron chi connectivity index (χ0n) is 9.93. The summed E-state index contributed by atoms with van der Waals surface area (Å²) in [6.07, 6.45) is 4.02. The summed E-state index contributed by atoms with van der Waals surface area (Å²) in [5.41, 5.74) is 10.5. The third-order valence-electron chi connectivity index (χ3n) is 3.26. The van der Waals surface area contributed by atoms with Gasteiger partial charge in [-0.3, -0.25) is 4.68 Å². The van der Waals surface area contributed by atoms with Gasteiger partial charge in [-0.25, -0.2) is 0 Å². The van der Waals surface area contributed by atoms with Crippen molar-refractivity contribution in [3.8, 4) is 0 Å². The van der Waals surface area contributed by atoms with Crippen molar-refractivity contribution in [2.75, 3.05) is 10.6 Å². The topological polar surface area (TPSA) is 47.1 Å². The first-order chi connectivity index (χ1) is 8.26. The highest BCUT2D eigenvalue weighted by molar-refractivity contribution is 5.53. The molecule has 0 saturated heterocycles. The van der Waals surface area contributed by atoms with E-state index >= 15 is 0 Å². The minimum absolute atomic E-state index is 0.842. The summed E-state index contributed by atoms with van der Waals surface area (Å²) in [5, 5.41) is 4.31. The first kappa shape index (κ1) is 10.2. The van der Waals surface area contributed by atoms with Crippen molar-refractivity contribution in [2.45, 2.75) is 26.6 Å². The van der Waals surface area contributed by atoms with Gasteiger partial charge in [0.25, 0.3) is 0 Å². The quantitative estimate of drug-likeness (QED) is 0.800. The van der Waals surface area contributed by atoms with Gasteiger partial charge < -0.3 is 10.6 Å². The van der Waals surface area contributed by atoms with Gasteiger partial charge in [0.2, 0.25) is 0 Å². The summed E-state index contributed by atoms with van der Waals surface area (Å²) >= 11 is 0. The summed E-state index contributed by atoms with van der Waals surface area (Å²) in [5.74, 6) is 0. The van der Waals surface area contributed by atoms with E-state index in [1.165, 1.54) is 16.8 Å². The monoisotopic (exact) mass is 228 g/mol. The molecule has 3 rings (SSSR count). The average molecular weight is 228 g/mol. The zero-order valence-corrected chi connectivity index (χ0v) is 9.93. The third kappa shape index (κ3) is 1.75. The van der Waals surface area contributed by atoms with E-state index in [0.717, 1.165) is 25.3 Å². The van der Waals surface area contributed by atoms with Crippen LogP contribution < -0.4 is 10.6 Å². The summed E-state index contributed by atoms with van der Waals surface area (Å²) in [7, 11) is 0. The molecule has 1 aromatic heterocycles. The molecular formula is C13H16N4. The molecule has 0 amide bonds. The molecule has 0 unspecified atom stereocenters. The number of anilines is 2. The van der Waals surface area contributed by atoms with Gasteiger partial charge in [-0.2, -0.15) is 5.10 Å². The van der Waals surface area contributed by atoms with Crippen LogP contribution in [0.15, 0.2) is 30.6 Å². The Morgan fingerprint density at radius 1 is 1.29 bits per heavy atom. The van der Waals surface area contributed by atoms with Crippen LogP contribution in [0.25, 0.3) is 0 Å². The first-order valence-corrected chi connectivity index (χ1v) is 5.91. The zero-order chi connectivity index (χ0) is 11.8. The lowest BCUT2D eigenvalue weighted by Gasteiger charge is -2.14. The van der Waals surface area contributed by atoms with Gasteiger partial charge in [-0.15, -0.1) is 0 Å². The Bertz CT molecular complexity index is 544. The van der Waals surface area contributed by atoms with Crippen LogP contribution in [0.5, 0.6) is 0 Å². The molecule has 1 aromatic carbocycles. The summed E-state index contributed by atoms with van der Waals surface area (Å²) in [4.78, 5) is 2.32. The Morgan fingerprint density at radius 2 is 2.12 bits per heavy atom. The molecule has 0 aliphatic carbocycles. The maximum Gasteiger partial charge on any atom is 0.0758 e. The fourth-order valence-electron chi connectivity index (χ4n) is 2.29. The van der Waals surface area contributed by atoms with Crippen LogP contribution in [-0.2, 0) is 19.6 Å². The normalized spacial score (nSPS) is 14.1. The van der Waals surface area contributed by atoms with Crippen molar-refractivity contribution in [2.24, 2.45) is 0 Å². The molecule has 2 aromatic rings. The molecule has 2 heterocycles. The smallest absolute Gasteiger partial charge is 0.0758 e. The Labute approximate surface area is 101 Å². The van der Waals surface area contributed by atoms with E-state index in [0.29, 0.717) is 0 Å². The number of aromatic nitrogens is 2. The van der Waals surface area contributed by atoms with E-state index < -0.39 is 0 Å². The largest absolute Gasteiger partial charge is 0.399 e. The van der Waals surface area contributed by atoms with Crippen molar-refractivity contribution in [1.29, 1.82) is 0 Å². The fraction of sp³-hybridized carbons (Fsp3) is 0.308. The van der Waals surface area contributed by atoms with E-state index in [2.05, 4.69) is 35.3 Å². The van der Waals surface area contributed by atoms with Crippen LogP contribution in [0, 0.1) is 0 Å². The number of rotatable bonds is 2. The van der Waals surface area contributed by atoms with Crippen molar-refractivity contribution in [3.63, 3.8) is 0 Å². The van der Waals surface area contributed by atoms with Gasteiger partial charge in [0.1, 0.15) is 0 Å². The Morgan fingerprint density at radius 3 is 2.88 bits per heavy atom. The van der Waals surface area contributed by atoms with Crippen LogP contribution in [0.1, 0.15) is 18.1 Å². The Balaban J connectivity index is 1.86. The number of benzene rings is 1. The number of hydrogen-bond acceptors (Lipinski definition) is 3. The van der Waals surface area contributed by atoms with E-state index in [-0.39, 0.29) is 0 Å². The van der Waals surface area contributed by atoms with Crippen LogP contribution in [0.2, 0.25) is 0 Å².